The Morgan fingerprint density at radius 2 is 2.18 bits per heavy atom. The molecule has 0 saturated carbocycles. The standard InChI is InChI=1S/C6H13NO4/c1-11-5(10)6(7,4-9)2-3-8/h8-9H,2-4,7H2,1H3/t6-/m0/s1. The van der Waals surface area contributed by atoms with E-state index in [4.69, 9.17) is 15.9 Å². The lowest BCUT2D eigenvalue weighted by Gasteiger charge is -2.22. The predicted octanol–water partition coefficient (Wildman–Crippen LogP) is -1.77. The Kier molecular flexibility index (Phi) is 4.02. The van der Waals surface area contributed by atoms with Gasteiger partial charge in [0.05, 0.1) is 13.7 Å². The average Bonchev–Trinajstić information content (AvgIpc) is 2.03. The zero-order valence-corrected chi connectivity index (χ0v) is 6.41. The average molecular weight is 163 g/mol. The van der Waals surface area contributed by atoms with E-state index in [0.717, 1.165) is 0 Å². The quantitative estimate of drug-likeness (QED) is 0.426. The van der Waals surface area contributed by atoms with Crippen molar-refractivity contribution in [2.24, 2.45) is 5.73 Å². The summed E-state index contributed by atoms with van der Waals surface area (Å²) >= 11 is 0. The topological polar surface area (TPSA) is 92.8 Å². The largest absolute Gasteiger partial charge is 0.468 e. The number of carbonyl (C=O) groups excluding carboxylic acids is 1. The minimum atomic E-state index is -1.45. The number of rotatable bonds is 4. The van der Waals surface area contributed by atoms with Gasteiger partial charge in [0.1, 0.15) is 5.54 Å². The normalized spacial score (nSPS) is 15.6. The number of aliphatic hydroxyl groups is 2. The van der Waals surface area contributed by atoms with Crippen molar-refractivity contribution in [3.8, 4) is 0 Å². The lowest BCUT2D eigenvalue weighted by molar-refractivity contribution is -0.149. The molecule has 0 aliphatic heterocycles. The van der Waals surface area contributed by atoms with E-state index in [-0.39, 0.29) is 13.0 Å². The van der Waals surface area contributed by atoms with Gasteiger partial charge in [-0.1, -0.05) is 0 Å². The minimum Gasteiger partial charge on any atom is -0.468 e. The van der Waals surface area contributed by atoms with Crippen molar-refractivity contribution in [1.82, 2.24) is 0 Å². The third-order valence-electron chi connectivity index (χ3n) is 1.43. The van der Waals surface area contributed by atoms with E-state index in [9.17, 15) is 4.79 Å². The molecule has 4 N–H and O–H groups in total. The third-order valence-corrected chi connectivity index (χ3v) is 1.43. The van der Waals surface area contributed by atoms with Gasteiger partial charge in [0, 0.05) is 13.0 Å². The Balaban J connectivity index is 4.19. The van der Waals surface area contributed by atoms with Crippen LogP contribution in [0.3, 0.4) is 0 Å². The highest BCUT2D eigenvalue weighted by molar-refractivity contribution is 5.80. The molecule has 0 fully saturated rings. The molecule has 0 heterocycles. The van der Waals surface area contributed by atoms with E-state index in [2.05, 4.69) is 4.74 Å². The summed E-state index contributed by atoms with van der Waals surface area (Å²) in [6.45, 7) is -0.785. The van der Waals surface area contributed by atoms with Gasteiger partial charge in [0.25, 0.3) is 0 Å². The summed E-state index contributed by atoms with van der Waals surface area (Å²) in [6, 6.07) is 0. The summed E-state index contributed by atoms with van der Waals surface area (Å²) < 4.78 is 4.32. The highest BCUT2D eigenvalue weighted by Crippen LogP contribution is 2.06. The van der Waals surface area contributed by atoms with Crippen LogP contribution in [0, 0.1) is 0 Å². The van der Waals surface area contributed by atoms with Crippen molar-refractivity contribution in [2.75, 3.05) is 20.3 Å². The van der Waals surface area contributed by atoms with E-state index in [0.29, 0.717) is 0 Å². The Morgan fingerprint density at radius 3 is 2.45 bits per heavy atom. The second-order valence-electron chi connectivity index (χ2n) is 2.28. The molecule has 0 radical (unpaired) electrons. The lowest BCUT2D eigenvalue weighted by atomic mass is 9.99. The molecule has 5 nitrogen and oxygen atoms in total. The molecule has 0 rings (SSSR count). The molecular formula is C6H13NO4. The maximum atomic E-state index is 10.8. The van der Waals surface area contributed by atoms with Gasteiger partial charge in [-0.15, -0.1) is 0 Å². The van der Waals surface area contributed by atoms with Crippen LogP contribution < -0.4 is 5.73 Å². The SMILES string of the molecule is COC(=O)[C@@](N)(CO)CCO. The van der Waals surface area contributed by atoms with Gasteiger partial charge >= 0.3 is 5.97 Å². The van der Waals surface area contributed by atoms with Crippen LogP contribution >= 0.6 is 0 Å². The number of ether oxygens (including phenoxy) is 1. The van der Waals surface area contributed by atoms with Crippen LogP contribution in [0.25, 0.3) is 0 Å². The summed E-state index contributed by atoms with van der Waals surface area (Å²) in [5.74, 6) is -0.714. The first-order valence-corrected chi connectivity index (χ1v) is 3.19. The fourth-order valence-corrected chi connectivity index (χ4v) is 0.648. The molecule has 1 atom stereocenters. The Hall–Kier alpha value is -0.650. The molecule has 11 heavy (non-hydrogen) atoms. The molecule has 0 unspecified atom stereocenters. The first-order chi connectivity index (χ1) is 5.10. The maximum Gasteiger partial charge on any atom is 0.328 e. The van der Waals surface area contributed by atoms with Crippen molar-refractivity contribution in [2.45, 2.75) is 12.0 Å². The minimum absolute atomic E-state index is 0.00380. The van der Waals surface area contributed by atoms with Crippen LogP contribution in [-0.4, -0.2) is 42.0 Å². The molecule has 0 spiro atoms. The first-order valence-electron chi connectivity index (χ1n) is 3.19. The smallest absolute Gasteiger partial charge is 0.328 e. The van der Waals surface area contributed by atoms with Gasteiger partial charge in [-0.25, -0.2) is 4.79 Å². The van der Waals surface area contributed by atoms with Crippen LogP contribution in [0.15, 0.2) is 0 Å². The van der Waals surface area contributed by atoms with Crippen LogP contribution in [0.4, 0.5) is 0 Å². The van der Waals surface area contributed by atoms with Crippen LogP contribution in [0.2, 0.25) is 0 Å². The molecular weight excluding hydrogens is 150 g/mol. The molecule has 0 aromatic heterocycles. The molecule has 0 aliphatic carbocycles. The van der Waals surface area contributed by atoms with E-state index in [1.807, 2.05) is 0 Å². The molecule has 0 aliphatic rings. The van der Waals surface area contributed by atoms with E-state index in [1.165, 1.54) is 7.11 Å². The lowest BCUT2D eigenvalue weighted by Crippen LogP contribution is -2.52. The number of aliphatic hydroxyl groups excluding tert-OH is 2. The zero-order valence-electron chi connectivity index (χ0n) is 6.41. The molecule has 0 aromatic carbocycles. The fraction of sp³-hybridized carbons (Fsp3) is 0.833. The highest BCUT2D eigenvalue weighted by atomic mass is 16.5. The predicted molar refractivity (Wildman–Crippen MR) is 37.7 cm³/mol. The molecule has 0 saturated heterocycles. The molecule has 0 bridgehead atoms. The van der Waals surface area contributed by atoms with Gasteiger partial charge in [0.15, 0.2) is 0 Å². The molecule has 5 heteroatoms. The summed E-state index contributed by atoms with van der Waals surface area (Å²) in [6.07, 6.45) is -0.00380. The number of carbonyl (C=O) groups is 1. The van der Waals surface area contributed by atoms with Crippen LogP contribution in [0.1, 0.15) is 6.42 Å². The van der Waals surface area contributed by atoms with Crippen molar-refractivity contribution in [3.05, 3.63) is 0 Å². The van der Waals surface area contributed by atoms with Crippen molar-refractivity contribution in [3.63, 3.8) is 0 Å². The van der Waals surface area contributed by atoms with E-state index < -0.39 is 18.1 Å². The maximum absolute atomic E-state index is 10.8. The molecule has 0 amide bonds. The zero-order chi connectivity index (χ0) is 8.91. The number of methoxy groups -OCH3 is 1. The fourth-order valence-electron chi connectivity index (χ4n) is 0.648. The van der Waals surface area contributed by atoms with Crippen LogP contribution in [0.5, 0.6) is 0 Å². The molecule has 66 valence electrons. The monoisotopic (exact) mass is 163 g/mol. The Bertz CT molecular complexity index is 139. The summed E-state index contributed by atoms with van der Waals surface area (Å²) in [4.78, 5) is 10.8. The summed E-state index contributed by atoms with van der Waals surface area (Å²) in [5.41, 5.74) is 3.92. The number of hydrogen-bond donors (Lipinski definition) is 3. The third kappa shape index (κ3) is 2.45. The van der Waals surface area contributed by atoms with Crippen molar-refractivity contribution >= 4 is 5.97 Å². The van der Waals surface area contributed by atoms with Crippen LogP contribution in [-0.2, 0) is 9.53 Å². The Labute approximate surface area is 64.8 Å². The summed E-state index contributed by atoms with van der Waals surface area (Å²) in [5, 5.41) is 17.2. The second-order valence-corrected chi connectivity index (χ2v) is 2.28. The van der Waals surface area contributed by atoms with Gasteiger partial charge in [-0.3, -0.25) is 0 Å². The Morgan fingerprint density at radius 1 is 1.64 bits per heavy atom. The van der Waals surface area contributed by atoms with Gasteiger partial charge in [-0.2, -0.15) is 0 Å². The van der Waals surface area contributed by atoms with Crippen molar-refractivity contribution in [1.29, 1.82) is 0 Å². The second kappa shape index (κ2) is 4.27. The van der Waals surface area contributed by atoms with Gasteiger partial charge < -0.3 is 20.7 Å². The van der Waals surface area contributed by atoms with Gasteiger partial charge in [0.2, 0.25) is 0 Å². The van der Waals surface area contributed by atoms with E-state index in [1.54, 1.807) is 0 Å². The number of nitrogens with two attached hydrogens (primary N) is 1. The molecule has 0 aromatic rings. The first kappa shape index (κ1) is 10.3. The number of hydrogen-bond acceptors (Lipinski definition) is 5. The highest BCUT2D eigenvalue weighted by Gasteiger charge is 2.33. The van der Waals surface area contributed by atoms with Gasteiger partial charge in [-0.05, 0) is 0 Å². The van der Waals surface area contributed by atoms with E-state index >= 15 is 0 Å². The van der Waals surface area contributed by atoms with Crippen molar-refractivity contribution < 1.29 is 19.7 Å². The number of esters is 1. The summed E-state index contributed by atoms with van der Waals surface area (Å²) in [7, 11) is 1.18.